The number of alkyl halides is 1. The highest BCUT2D eigenvalue weighted by Crippen LogP contribution is 2.22. The van der Waals surface area contributed by atoms with E-state index in [0.29, 0.717) is 18.4 Å². The predicted molar refractivity (Wildman–Crippen MR) is 74.9 cm³/mol. The fourth-order valence-electron chi connectivity index (χ4n) is 2.16. The summed E-state index contributed by atoms with van der Waals surface area (Å²) in [5, 5.41) is 1.38. The second-order valence-corrected chi connectivity index (χ2v) is 7.49. The Morgan fingerprint density at radius 3 is 2.63 bits per heavy atom. The van der Waals surface area contributed by atoms with E-state index < -0.39 is 20.5 Å². The minimum atomic E-state index is -3.03. The van der Waals surface area contributed by atoms with Gasteiger partial charge in [0.05, 0.1) is 11.0 Å². The van der Waals surface area contributed by atoms with Gasteiger partial charge in [-0.25, -0.2) is 8.42 Å². The molecule has 2 rings (SSSR count). The van der Waals surface area contributed by atoms with Crippen LogP contribution < -0.4 is 5.32 Å². The van der Waals surface area contributed by atoms with Crippen LogP contribution in [0, 0.1) is 0 Å². The van der Waals surface area contributed by atoms with Gasteiger partial charge < -0.3 is 5.32 Å². The minimum absolute atomic E-state index is 0.150. The highest BCUT2D eigenvalue weighted by atomic mass is 35.5. The van der Waals surface area contributed by atoms with Crippen molar-refractivity contribution < 1.29 is 13.2 Å². The lowest BCUT2D eigenvalue weighted by atomic mass is 10.1. The average Bonchev–Trinajstić information content (AvgIpc) is 2.75. The first-order valence-corrected chi connectivity index (χ1v) is 8.34. The topological polar surface area (TPSA) is 63.2 Å². The second-order valence-electron chi connectivity index (χ2n) is 4.65. The van der Waals surface area contributed by atoms with E-state index in [1.807, 2.05) is 6.07 Å². The highest BCUT2D eigenvalue weighted by Gasteiger charge is 2.31. The molecule has 0 aromatic heterocycles. The van der Waals surface area contributed by atoms with Crippen LogP contribution in [0.1, 0.15) is 23.8 Å². The summed E-state index contributed by atoms with van der Waals surface area (Å²) < 4.78 is 23.3. The highest BCUT2D eigenvalue weighted by molar-refractivity contribution is 7.92. The van der Waals surface area contributed by atoms with Crippen LogP contribution in [-0.4, -0.2) is 31.9 Å². The Morgan fingerprint density at radius 2 is 2.05 bits per heavy atom. The SMILES string of the molecule is O=C(NCC1CCCS1(=O)=O)C(Cl)c1ccccc1. The predicted octanol–water partition coefficient (Wildman–Crippen LogP) is 1.66. The molecule has 1 aromatic rings. The molecule has 6 heteroatoms. The maximum Gasteiger partial charge on any atom is 0.242 e. The van der Waals surface area contributed by atoms with Crippen LogP contribution in [-0.2, 0) is 14.6 Å². The number of carbonyl (C=O) groups is 1. The molecule has 4 nitrogen and oxygen atoms in total. The number of hydrogen-bond donors (Lipinski definition) is 1. The van der Waals surface area contributed by atoms with Crippen LogP contribution in [0.3, 0.4) is 0 Å². The van der Waals surface area contributed by atoms with Crippen LogP contribution >= 0.6 is 11.6 Å². The van der Waals surface area contributed by atoms with Crippen molar-refractivity contribution in [2.75, 3.05) is 12.3 Å². The van der Waals surface area contributed by atoms with E-state index in [9.17, 15) is 13.2 Å². The van der Waals surface area contributed by atoms with Crippen molar-refractivity contribution in [1.29, 1.82) is 0 Å². The first-order valence-electron chi connectivity index (χ1n) is 6.19. The second kappa shape index (κ2) is 5.92. The summed E-state index contributed by atoms with van der Waals surface area (Å²) in [4.78, 5) is 11.9. The Labute approximate surface area is 118 Å². The molecule has 1 aliphatic rings. The van der Waals surface area contributed by atoms with E-state index in [2.05, 4.69) is 5.32 Å². The molecular weight excluding hydrogens is 286 g/mol. The van der Waals surface area contributed by atoms with Gasteiger partial charge >= 0.3 is 0 Å². The van der Waals surface area contributed by atoms with Crippen molar-refractivity contribution in [3.8, 4) is 0 Å². The Hall–Kier alpha value is -1.07. The Bertz CT molecular complexity index is 544. The zero-order valence-electron chi connectivity index (χ0n) is 10.4. The normalized spacial score (nSPS) is 22.9. The van der Waals surface area contributed by atoms with Crippen molar-refractivity contribution in [1.82, 2.24) is 5.32 Å². The van der Waals surface area contributed by atoms with Crippen molar-refractivity contribution in [3.63, 3.8) is 0 Å². The smallest absolute Gasteiger partial charge is 0.242 e. The Morgan fingerprint density at radius 1 is 1.37 bits per heavy atom. The lowest BCUT2D eigenvalue weighted by molar-refractivity contribution is -0.120. The monoisotopic (exact) mass is 301 g/mol. The van der Waals surface area contributed by atoms with Gasteiger partial charge in [0.1, 0.15) is 5.38 Å². The van der Waals surface area contributed by atoms with E-state index in [1.165, 1.54) is 0 Å². The van der Waals surface area contributed by atoms with Crippen LogP contribution in [0.5, 0.6) is 0 Å². The minimum Gasteiger partial charge on any atom is -0.353 e. The van der Waals surface area contributed by atoms with Crippen molar-refractivity contribution in [3.05, 3.63) is 35.9 Å². The Kier molecular flexibility index (Phi) is 4.47. The standard InChI is InChI=1S/C13H16ClNO3S/c14-12(10-5-2-1-3-6-10)13(16)15-9-11-7-4-8-19(11,17)18/h1-3,5-6,11-12H,4,7-9H2,(H,15,16). The lowest BCUT2D eigenvalue weighted by Gasteiger charge is -2.14. The summed E-state index contributed by atoms with van der Waals surface area (Å²) in [5.41, 5.74) is 0.705. The third-order valence-corrected chi connectivity index (χ3v) is 6.02. The molecule has 1 fully saturated rings. The van der Waals surface area contributed by atoms with Crippen LogP contribution in [0.2, 0.25) is 0 Å². The molecular formula is C13H16ClNO3S. The molecule has 1 aromatic carbocycles. The van der Waals surface area contributed by atoms with E-state index >= 15 is 0 Å². The molecule has 19 heavy (non-hydrogen) atoms. The number of carbonyl (C=O) groups excluding carboxylic acids is 1. The van der Waals surface area contributed by atoms with Gasteiger partial charge in [-0.05, 0) is 18.4 Å². The van der Waals surface area contributed by atoms with Crippen molar-refractivity contribution in [2.24, 2.45) is 0 Å². The van der Waals surface area contributed by atoms with Gasteiger partial charge in [0, 0.05) is 6.54 Å². The molecule has 1 heterocycles. The molecule has 1 N–H and O–H groups in total. The summed E-state index contributed by atoms with van der Waals surface area (Å²) in [7, 11) is -3.03. The summed E-state index contributed by atoms with van der Waals surface area (Å²) >= 11 is 6.05. The van der Waals surface area contributed by atoms with Gasteiger partial charge in [0.25, 0.3) is 0 Å². The molecule has 0 spiro atoms. The number of benzene rings is 1. The summed E-state index contributed by atoms with van der Waals surface area (Å²) in [5.74, 6) is -0.133. The Balaban J connectivity index is 1.92. The molecule has 0 radical (unpaired) electrons. The zero-order valence-corrected chi connectivity index (χ0v) is 12.0. The van der Waals surface area contributed by atoms with Gasteiger partial charge in [0.2, 0.25) is 5.91 Å². The van der Waals surface area contributed by atoms with E-state index in [-0.39, 0.29) is 18.2 Å². The average molecular weight is 302 g/mol. The molecule has 104 valence electrons. The van der Waals surface area contributed by atoms with Crippen LogP contribution in [0.4, 0.5) is 0 Å². The van der Waals surface area contributed by atoms with E-state index in [4.69, 9.17) is 11.6 Å². The summed E-state index contributed by atoms with van der Waals surface area (Å²) in [6, 6.07) is 8.99. The van der Waals surface area contributed by atoms with Gasteiger partial charge in [-0.2, -0.15) is 0 Å². The number of rotatable bonds is 4. The van der Waals surface area contributed by atoms with Gasteiger partial charge in [-0.3, -0.25) is 4.79 Å². The largest absolute Gasteiger partial charge is 0.353 e. The number of hydrogen-bond acceptors (Lipinski definition) is 3. The van der Waals surface area contributed by atoms with E-state index in [0.717, 1.165) is 0 Å². The first kappa shape index (κ1) is 14.3. The quantitative estimate of drug-likeness (QED) is 0.860. The molecule has 0 saturated carbocycles. The lowest BCUT2D eigenvalue weighted by Crippen LogP contribution is -2.36. The van der Waals surface area contributed by atoms with Crippen molar-refractivity contribution >= 4 is 27.3 Å². The van der Waals surface area contributed by atoms with Gasteiger partial charge in [-0.15, -0.1) is 11.6 Å². The third-order valence-electron chi connectivity index (χ3n) is 3.29. The molecule has 0 bridgehead atoms. The number of halogens is 1. The molecule has 1 saturated heterocycles. The first-order chi connectivity index (χ1) is 9.00. The van der Waals surface area contributed by atoms with Gasteiger partial charge in [-0.1, -0.05) is 30.3 Å². The number of amides is 1. The summed E-state index contributed by atoms with van der Waals surface area (Å²) in [6.45, 7) is 0.150. The summed E-state index contributed by atoms with van der Waals surface area (Å²) in [6.07, 6.45) is 1.28. The molecule has 0 aliphatic carbocycles. The van der Waals surface area contributed by atoms with E-state index in [1.54, 1.807) is 24.3 Å². The fourth-order valence-corrected chi connectivity index (χ4v) is 4.15. The van der Waals surface area contributed by atoms with Gasteiger partial charge in [0.15, 0.2) is 9.84 Å². The van der Waals surface area contributed by atoms with Crippen LogP contribution in [0.15, 0.2) is 30.3 Å². The zero-order chi connectivity index (χ0) is 13.9. The number of nitrogens with one attached hydrogen (secondary N) is 1. The molecule has 1 aliphatic heterocycles. The molecule has 2 unspecified atom stereocenters. The molecule has 2 atom stereocenters. The van der Waals surface area contributed by atoms with Crippen molar-refractivity contribution in [2.45, 2.75) is 23.5 Å². The van der Waals surface area contributed by atoms with Crippen LogP contribution in [0.25, 0.3) is 0 Å². The maximum absolute atomic E-state index is 11.9. The third kappa shape index (κ3) is 3.48. The molecule has 1 amide bonds. The number of sulfone groups is 1. The maximum atomic E-state index is 11.9. The fraction of sp³-hybridized carbons (Fsp3) is 0.462.